The molecule has 1 aliphatic heterocycles. The van der Waals surface area contributed by atoms with E-state index < -0.39 is 18.5 Å². The first kappa shape index (κ1) is 21.2. The quantitative estimate of drug-likeness (QED) is 0.676. The van der Waals surface area contributed by atoms with E-state index in [1.807, 2.05) is 4.90 Å². The molecule has 1 saturated heterocycles. The third kappa shape index (κ3) is 5.32. The molecule has 2 fully saturated rings. The molecule has 9 heteroatoms. The van der Waals surface area contributed by atoms with Gasteiger partial charge in [0.15, 0.2) is 6.61 Å². The van der Waals surface area contributed by atoms with Gasteiger partial charge in [-0.1, -0.05) is 11.6 Å². The topological polar surface area (TPSA) is 94.2 Å². The molecule has 29 heavy (non-hydrogen) atoms. The van der Waals surface area contributed by atoms with Gasteiger partial charge in [-0.05, 0) is 25.7 Å². The molecule has 2 amide bonds. The minimum absolute atomic E-state index is 0.186. The van der Waals surface area contributed by atoms with Crippen LogP contribution in [0.5, 0.6) is 11.5 Å². The van der Waals surface area contributed by atoms with E-state index in [0.717, 1.165) is 12.8 Å². The number of esters is 1. The maximum atomic E-state index is 12.3. The molecular weight excluding hydrogens is 400 g/mol. The summed E-state index contributed by atoms with van der Waals surface area (Å²) in [6.45, 7) is 0.709. The van der Waals surface area contributed by atoms with E-state index in [1.165, 1.54) is 26.4 Å². The van der Waals surface area contributed by atoms with Gasteiger partial charge in [0.1, 0.15) is 11.5 Å². The van der Waals surface area contributed by atoms with Crippen molar-refractivity contribution in [3.63, 3.8) is 0 Å². The number of nitrogens with zero attached hydrogens (tertiary/aromatic N) is 1. The second-order valence-corrected chi connectivity index (χ2v) is 7.62. The van der Waals surface area contributed by atoms with Crippen LogP contribution in [0.15, 0.2) is 12.1 Å². The summed E-state index contributed by atoms with van der Waals surface area (Å²) in [5.41, 5.74) is 0.363. The van der Waals surface area contributed by atoms with E-state index in [9.17, 15) is 14.4 Å². The zero-order valence-corrected chi connectivity index (χ0v) is 17.3. The summed E-state index contributed by atoms with van der Waals surface area (Å²) < 4.78 is 15.5. The van der Waals surface area contributed by atoms with Crippen molar-refractivity contribution < 1.29 is 28.6 Å². The highest BCUT2D eigenvalue weighted by molar-refractivity contribution is 6.32. The normalized spacial score (nSPS) is 16.9. The number of hydrogen-bond donors (Lipinski definition) is 1. The van der Waals surface area contributed by atoms with Crippen LogP contribution in [-0.4, -0.2) is 56.6 Å². The number of carbonyl (C=O) groups excluding carboxylic acids is 3. The van der Waals surface area contributed by atoms with Crippen LogP contribution in [0.3, 0.4) is 0 Å². The van der Waals surface area contributed by atoms with Crippen molar-refractivity contribution in [2.24, 2.45) is 11.8 Å². The first-order chi connectivity index (χ1) is 13.9. The fraction of sp³-hybridized carbons (Fsp3) is 0.550. The number of methoxy groups -OCH3 is 2. The first-order valence-corrected chi connectivity index (χ1v) is 9.97. The van der Waals surface area contributed by atoms with Crippen molar-refractivity contribution in [2.75, 3.05) is 39.2 Å². The molecule has 8 nitrogen and oxygen atoms in total. The lowest BCUT2D eigenvalue weighted by molar-refractivity contribution is -0.154. The molecular formula is C20H25ClN2O6. The third-order valence-corrected chi connectivity index (χ3v) is 5.46. The Morgan fingerprint density at radius 3 is 2.28 bits per heavy atom. The zero-order valence-electron chi connectivity index (χ0n) is 16.5. The molecule has 1 aliphatic carbocycles. The molecule has 1 N–H and O–H groups in total. The van der Waals surface area contributed by atoms with Crippen LogP contribution in [0.4, 0.5) is 5.69 Å². The second kappa shape index (κ2) is 9.35. The Hall–Kier alpha value is -2.48. The summed E-state index contributed by atoms with van der Waals surface area (Å²) in [6, 6.07) is 3.06. The summed E-state index contributed by atoms with van der Waals surface area (Å²) in [5.74, 6) is -0.0810. The molecule has 2 aliphatic rings. The Kier molecular flexibility index (Phi) is 6.84. The summed E-state index contributed by atoms with van der Waals surface area (Å²) in [4.78, 5) is 38.4. The van der Waals surface area contributed by atoms with Gasteiger partial charge < -0.3 is 24.4 Å². The minimum Gasteiger partial charge on any atom is -0.495 e. The standard InChI is InChI=1S/C20H25ClN2O6/c1-27-16-10-15(17(28-2)9-14(16)21)22-18(24)11-29-20(26)13-5-7-23(8-6-13)19(25)12-3-4-12/h9-10,12-13H,3-8,11H2,1-2H3,(H,22,24). The highest BCUT2D eigenvalue weighted by Gasteiger charge is 2.36. The van der Waals surface area contributed by atoms with Crippen LogP contribution >= 0.6 is 11.6 Å². The Morgan fingerprint density at radius 2 is 1.69 bits per heavy atom. The lowest BCUT2D eigenvalue weighted by Gasteiger charge is -2.31. The Morgan fingerprint density at radius 1 is 1.03 bits per heavy atom. The third-order valence-electron chi connectivity index (χ3n) is 5.16. The van der Waals surface area contributed by atoms with Gasteiger partial charge in [0, 0.05) is 31.1 Å². The van der Waals surface area contributed by atoms with Gasteiger partial charge in [-0.25, -0.2) is 0 Å². The number of rotatable bonds is 7. The van der Waals surface area contributed by atoms with Gasteiger partial charge in [-0.3, -0.25) is 14.4 Å². The minimum atomic E-state index is -0.498. The van der Waals surface area contributed by atoms with Crippen LogP contribution in [0.2, 0.25) is 5.02 Å². The smallest absolute Gasteiger partial charge is 0.309 e. The van der Waals surface area contributed by atoms with Gasteiger partial charge in [0.25, 0.3) is 5.91 Å². The molecule has 0 spiro atoms. The molecule has 3 rings (SSSR count). The molecule has 1 aromatic rings. The largest absolute Gasteiger partial charge is 0.495 e. The Bertz CT molecular complexity index is 787. The van der Waals surface area contributed by atoms with Crippen molar-refractivity contribution in [1.82, 2.24) is 4.90 Å². The van der Waals surface area contributed by atoms with Crippen molar-refractivity contribution in [3.05, 3.63) is 17.2 Å². The number of anilines is 1. The number of likely N-dealkylation sites (tertiary alicyclic amines) is 1. The predicted octanol–water partition coefficient (Wildman–Crippen LogP) is 2.49. The Balaban J connectivity index is 1.47. The lowest BCUT2D eigenvalue weighted by atomic mass is 9.97. The molecule has 1 heterocycles. The number of piperidine rings is 1. The summed E-state index contributed by atoms with van der Waals surface area (Å²) >= 11 is 6.04. The number of nitrogens with one attached hydrogen (secondary N) is 1. The maximum Gasteiger partial charge on any atom is 0.309 e. The van der Waals surface area contributed by atoms with Gasteiger partial charge in [-0.15, -0.1) is 0 Å². The average molecular weight is 425 g/mol. The predicted molar refractivity (Wildman–Crippen MR) is 106 cm³/mol. The molecule has 0 unspecified atom stereocenters. The fourth-order valence-electron chi connectivity index (χ4n) is 3.32. The van der Waals surface area contributed by atoms with E-state index in [2.05, 4.69) is 5.32 Å². The van der Waals surface area contributed by atoms with Crippen molar-refractivity contribution >= 4 is 35.1 Å². The van der Waals surface area contributed by atoms with E-state index >= 15 is 0 Å². The van der Waals surface area contributed by atoms with Crippen molar-refractivity contribution in [1.29, 1.82) is 0 Å². The second-order valence-electron chi connectivity index (χ2n) is 7.22. The Labute approximate surface area is 174 Å². The van der Waals surface area contributed by atoms with E-state index in [4.69, 9.17) is 25.8 Å². The summed E-state index contributed by atoms with van der Waals surface area (Å²) in [6.07, 6.45) is 3.06. The van der Waals surface area contributed by atoms with Gasteiger partial charge in [0.2, 0.25) is 5.91 Å². The van der Waals surface area contributed by atoms with Gasteiger partial charge in [0.05, 0.1) is 30.8 Å². The molecule has 0 aromatic heterocycles. The van der Waals surface area contributed by atoms with Crippen LogP contribution in [-0.2, 0) is 19.1 Å². The maximum absolute atomic E-state index is 12.3. The van der Waals surface area contributed by atoms with Gasteiger partial charge >= 0.3 is 5.97 Å². The first-order valence-electron chi connectivity index (χ1n) is 9.59. The number of halogens is 1. The van der Waals surface area contributed by atoms with E-state index in [-0.39, 0.29) is 17.7 Å². The molecule has 0 atom stereocenters. The summed E-state index contributed by atoms with van der Waals surface area (Å²) in [5, 5.41) is 2.98. The molecule has 158 valence electrons. The number of amides is 2. The van der Waals surface area contributed by atoms with Crippen molar-refractivity contribution in [2.45, 2.75) is 25.7 Å². The van der Waals surface area contributed by atoms with Crippen LogP contribution < -0.4 is 14.8 Å². The van der Waals surface area contributed by atoms with Gasteiger partial charge in [-0.2, -0.15) is 0 Å². The zero-order chi connectivity index (χ0) is 21.0. The monoisotopic (exact) mass is 424 g/mol. The SMILES string of the molecule is COc1cc(NC(=O)COC(=O)C2CCN(C(=O)C3CC3)CC2)c(OC)cc1Cl. The molecule has 1 aromatic carbocycles. The molecule has 0 radical (unpaired) electrons. The van der Waals surface area contributed by atoms with Crippen LogP contribution in [0.25, 0.3) is 0 Å². The van der Waals surface area contributed by atoms with Crippen LogP contribution in [0, 0.1) is 11.8 Å². The van der Waals surface area contributed by atoms with Crippen LogP contribution in [0.1, 0.15) is 25.7 Å². The van der Waals surface area contributed by atoms with E-state index in [0.29, 0.717) is 48.1 Å². The highest BCUT2D eigenvalue weighted by atomic mass is 35.5. The molecule has 0 bridgehead atoms. The lowest BCUT2D eigenvalue weighted by Crippen LogP contribution is -2.41. The number of hydrogen-bond acceptors (Lipinski definition) is 6. The fourth-order valence-corrected chi connectivity index (χ4v) is 3.55. The number of benzene rings is 1. The summed E-state index contributed by atoms with van der Waals surface area (Å²) in [7, 11) is 2.92. The molecule has 1 saturated carbocycles. The number of carbonyl (C=O) groups is 3. The van der Waals surface area contributed by atoms with Crippen molar-refractivity contribution in [3.8, 4) is 11.5 Å². The highest BCUT2D eigenvalue weighted by Crippen LogP contribution is 2.36. The van der Waals surface area contributed by atoms with E-state index in [1.54, 1.807) is 0 Å². The number of ether oxygens (including phenoxy) is 3. The average Bonchev–Trinajstić information content (AvgIpc) is 3.58.